The van der Waals surface area contributed by atoms with Gasteiger partial charge in [-0.3, -0.25) is 0 Å². The van der Waals surface area contributed by atoms with Gasteiger partial charge in [-0.25, -0.2) is 9.97 Å². The highest BCUT2D eigenvalue weighted by atomic mass is 32.1. The summed E-state index contributed by atoms with van der Waals surface area (Å²) in [5.74, 6) is 1.10. The second-order valence-electron chi connectivity index (χ2n) is 6.08. The Kier molecular flexibility index (Phi) is 4.54. The number of hydrogen-bond donors (Lipinski definition) is 2. The Morgan fingerprint density at radius 1 is 1.04 bits per heavy atom. The van der Waals surface area contributed by atoms with E-state index in [9.17, 15) is 5.11 Å². The summed E-state index contributed by atoms with van der Waals surface area (Å²) in [6.45, 7) is 2.16. The molecule has 130 valence electrons. The van der Waals surface area contributed by atoms with Gasteiger partial charge in [0, 0.05) is 10.4 Å². The first-order valence-electron chi connectivity index (χ1n) is 8.60. The number of hydrogen-bond acceptors (Lipinski definition) is 5. The second-order valence-corrected chi connectivity index (χ2v) is 7.12. The minimum Gasteiger partial charge on any atom is -0.507 e. The van der Waals surface area contributed by atoms with Crippen molar-refractivity contribution in [2.24, 2.45) is 0 Å². The number of nitrogens with zero attached hydrogens (tertiary/aromatic N) is 2. The van der Waals surface area contributed by atoms with Crippen molar-refractivity contribution in [3.63, 3.8) is 0 Å². The lowest BCUT2D eigenvalue weighted by atomic mass is 10.0. The molecule has 2 aromatic heterocycles. The first-order valence-corrected chi connectivity index (χ1v) is 9.42. The van der Waals surface area contributed by atoms with Crippen LogP contribution in [0.15, 0.2) is 67.0 Å². The van der Waals surface area contributed by atoms with Crippen LogP contribution in [-0.2, 0) is 0 Å². The normalized spacial score (nSPS) is 12.2. The molecule has 4 rings (SSSR count). The lowest BCUT2D eigenvalue weighted by molar-refractivity contribution is 0.477. The summed E-state index contributed by atoms with van der Waals surface area (Å²) in [5, 5.41) is 14.7. The number of nitrogens with one attached hydrogen (secondary N) is 1. The number of rotatable bonds is 5. The van der Waals surface area contributed by atoms with Crippen molar-refractivity contribution in [3.8, 4) is 16.2 Å². The summed E-state index contributed by atoms with van der Waals surface area (Å²) in [6, 6.07) is 20.0. The standard InChI is InChI=1S/C21H19N3OS/c1-2-17(14-8-4-3-5-9-14)24-20-16-12-19(26-21(16)23-13-22-20)15-10-6-7-11-18(15)25/h3-13,17,25H,2H2,1H3,(H,22,23,24). The molecule has 26 heavy (non-hydrogen) atoms. The number of thiophene rings is 1. The summed E-state index contributed by atoms with van der Waals surface area (Å²) < 4.78 is 0. The van der Waals surface area contributed by atoms with E-state index in [4.69, 9.17) is 0 Å². The van der Waals surface area contributed by atoms with E-state index in [1.807, 2.05) is 24.3 Å². The quantitative estimate of drug-likeness (QED) is 0.484. The van der Waals surface area contributed by atoms with E-state index in [1.165, 1.54) is 5.56 Å². The summed E-state index contributed by atoms with van der Waals surface area (Å²) in [5.41, 5.74) is 2.05. The topological polar surface area (TPSA) is 58.0 Å². The van der Waals surface area contributed by atoms with Crippen LogP contribution < -0.4 is 5.32 Å². The SMILES string of the molecule is CCC(Nc1ncnc2sc(-c3ccccc3O)cc12)c1ccccc1. The Labute approximate surface area is 156 Å². The van der Waals surface area contributed by atoms with E-state index in [0.717, 1.165) is 32.9 Å². The number of phenolic OH excluding ortho intramolecular Hbond substituents is 1. The molecule has 0 aliphatic rings. The zero-order chi connectivity index (χ0) is 17.9. The highest BCUT2D eigenvalue weighted by Crippen LogP contribution is 2.39. The predicted octanol–water partition coefficient (Wildman–Crippen LogP) is 5.63. The van der Waals surface area contributed by atoms with E-state index in [2.05, 4.69) is 52.5 Å². The Morgan fingerprint density at radius 3 is 2.58 bits per heavy atom. The molecule has 5 heteroatoms. The van der Waals surface area contributed by atoms with Crippen LogP contribution >= 0.6 is 11.3 Å². The second kappa shape index (κ2) is 7.14. The highest BCUT2D eigenvalue weighted by Gasteiger charge is 2.15. The van der Waals surface area contributed by atoms with E-state index in [1.54, 1.807) is 23.7 Å². The molecule has 0 amide bonds. The molecule has 1 atom stereocenters. The van der Waals surface area contributed by atoms with Crippen LogP contribution in [0.2, 0.25) is 0 Å². The maximum atomic E-state index is 10.1. The smallest absolute Gasteiger partial charge is 0.138 e. The fourth-order valence-corrected chi connectivity index (χ4v) is 4.09. The van der Waals surface area contributed by atoms with Crippen LogP contribution in [0.25, 0.3) is 20.7 Å². The van der Waals surface area contributed by atoms with Gasteiger partial charge in [0.25, 0.3) is 0 Å². The van der Waals surface area contributed by atoms with Gasteiger partial charge < -0.3 is 10.4 Å². The van der Waals surface area contributed by atoms with E-state index in [-0.39, 0.29) is 11.8 Å². The third-order valence-electron chi connectivity index (χ3n) is 4.42. The van der Waals surface area contributed by atoms with Crippen LogP contribution in [0.3, 0.4) is 0 Å². The lowest BCUT2D eigenvalue weighted by Gasteiger charge is -2.18. The molecule has 0 aliphatic heterocycles. The van der Waals surface area contributed by atoms with E-state index in [0.29, 0.717) is 0 Å². The number of phenols is 1. The zero-order valence-corrected chi connectivity index (χ0v) is 15.2. The summed E-state index contributed by atoms with van der Waals surface area (Å²) >= 11 is 1.56. The lowest BCUT2D eigenvalue weighted by Crippen LogP contribution is -2.10. The molecule has 0 saturated carbocycles. The van der Waals surface area contributed by atoms with Crippen molar-refractivity contribution < 1.29 is 5.11 Å². The average Bonchev–Trinajstić information content (AvgIpc) is 3.12. The fraction of sp³-hybridized carbons (Fsp3) is 0.143. The van der Waals surface area contributed by atoms with Gasteiger partial charge in [-0.15, -0.1) is 11.3 Å². The molecular weight excluding hydrogens is 342 g/mol. The Hall–Kier alpha value is -2.92. The number of aromatic nitrogens is 2. The van der Waals surface area contributed by atoms with Crippen LogP contribution in [0, 0.1) is 0 Å². The van der Waals surface area contributed by atoms with Crippen LogP contribution in [0.1, 0.15) is 24.9 Å². The first kappa shape index (κ1) is 16.5. The van der Waals surface area contributed by atoms with Gasteiger partial charge in [0.05, 0.1) is 11.4 Å². The van der Waals surface area contributed by atoms with Gasteiger partial charge in [0.15, 0.2) is 0 Å². The van der Waals surface area contributed by atoms with Gasteiger partial charge >= 0.3 is 0 Å². The van der Waals surface area contributed by atoms with Gasteiger partial charge in [-0.2, -0.15) is 0 Å². The van der Waals surface area contributed by atoms with Crippen molar-refractivity contribution in [1.82, 2.24) is 9.97 Å². The summed E-state index contributed by atoms with van der Waals surface area (Å²) in [6.07, 6.45) is 2.54. The molecule has 4 nitrogen and oxygen atoms in total. The molecule has 0 bridgehead atoms. The first-order chi connectivity index (χ1) is 12.8. The zero-order valence-electron chi connectivity index (χ0n) is 14.4. The van der Waals surface area contributed by atoms with E-state index < -0.39 is 0 Å². The number of fused-ring (bicyclic) bond motifs is 1. The molecule has 2 aromatic carbocycles. The maximum Gasteiger partial charge on any atom is 0.138 e. The van der Waals surface area contributed by atoms with Crippen molar-refractivity contribution in [1.29, 1.82) is 0 Å². The molecule has 1 unspecified atom stereocenters. The predicted molar refractivity (Wildman–Crippen MR) is 108 cm³/mol. The van der Waals surface area contributed by atoms with Gasteiger partial charge in [-0.05, 0) is 30.2 Å². The highest BCUT2D eigenvalue weighted by molar-refractivity contribution is 7.22. The molecule has 2 heterocycles. The molecular formula is C21H19N3OS. The third-order valence-corrected chi connectivity index (χ3v) is 5.50. The molecule has 0 spiro atoms. The van der Waals surface area contributed by atoms with Crippen LogP contribution in [0.4, 0.5) is 5.82 Å². The van der Waals surface area contributed by atoms with Gasteiger partial charge in [0.1, 0.15) is 22.7 Å². The summed E-state index contributed by atoms with van der Waals surface area (Å²) in [7, 11) is 0. The van der Waals surface area contributed by atoms with Crippen LogP contribution in [-0.4, -0.2) is 15.1 Å². The van der Waals surface area contributed by atoms with Crippen molar-refractivity contribution >= 4 is 27.4 Å². The van der Waals surface area contributed by atoms with Gasteiger partial charge in [0.2, 0.25) is 0 Å². The number of anilines is 1. The third kappa shape index (κ3) is 3.13. The number of benzene rings is 2. The largest absolute Gasteiger partial charge is 0.507 e. The molecule has 0 radical (unpaired) electrons. The molecule has 0 fully saturated rings. The maximum absolute atomic E-state index is 10.1. The van der Waals surface area contributed by atoms with Gasteiger partial charge in [-0.1, -0.05) is 49.4 Å². The molecule has 4 aromatic rings. The Bertz CT molecular complexity index is 1030. The molecule has 0 saturated heterocycles. The Balaban J connectivity index is 1.73. The summed E-state index contributed by atoms with van der Waals surface area (Å²) in [4.78, 5) is 10.8. The Morgan fingerprint density at radius 2 is 1.81 bits per heavy atom. The van der Waals surface area contributed by atoms with Crippen molar-refractivity contribution in [2.75, 3.05) is 5.32 Å². The fourth-order valence-electron chi connectivity index (χ4n) is 3.06. The minimum absolute atomic E-state index is 0.183. The van der Waals surface area contributed by atoms with Crippen LogP contribution in [0.5, 0.6) is 5.75 Å². The van der Waals surface area contributed by atoms with Crippen molar-refractivity contribution in [2.45, 2.75) is 19.4 Å². The minimum atomic E-state index is 0.183. The molecule has 0 aliphatic carbocycles. The van der Waals surface area contributed by atoms with E-state index >= 15 is 0 Å². The molecule has 2 N–H and O–H groups in total. The van der Waals surface area contributed by atoms with Crippen molar-refractivity contribution in [3.05, 3.63) is 72.6 Å². The number of aromatic hydroxyl groups is 1. The number of para-hydroxylation sites is 1. The average molecular weight is 361 g/mol. The monoisotopic (exact) mass is 361 g/mol.